The van der Waals surface area contributed by atoms with Crippen LogP contribution in [0.25, 0.3) is 0 Å². The number of ether oxygens (including phenoxy) is 1. The summed E-state index contributed by atoms with van der Waals surface area (Å²) >= 11 is 1.88. The summed E-state index contributed by atoms with van der Waals surface area (Å²) in [4.78, 5) is 26.7. The third-order valence-electron chi connectivity index (χ3n) is 4.48. The van der Waals surface area contributed by atoms with E-state index in [-0.39, 0.29) is 30.3 Å². The molecule has 6 nitrogen and oxygen atoms in total. The van der Waals surface area contributed by atoms with Gasteiger partial charge in [-0.25, -0.2) is 0 Å². The Morgan fingerprint density at radius 3 is 2.77 bits per heavy atom. The van der Waals surface area contributed by atoms with Gasteiger partial charge in [-0.15, -0.1) is 12.4 Å². The van der Waals surface area contributed by atoms with E-state index in [2.05, 4.69) is 10.6 Å². The van der Waals surface area contributed by atoms with Crippen LogP contribution in [0.4, 0.5) is 5.69 Å². The first-order valence-electron chi connectivity index (χ1n) is 8.72. The molecule has 2 saturated heterocycles. The second kappa shape index (κ2) is 10.2. The molecule has 2 N–H and O–H groups in total. The number of morpholine rings is 1. The highest BCUT2D eigenvalue weighted by atomic mass is 35.5. The molecule has 0 aromatic heterocycles. The van der Waals surface area contributed by atoms with Gasteiger partial charge < -0.3 is 20.3 Å². The molecule has 2 aliphatic rings. The van der Waals surface area contributed by atoms with Crippen molar-refractivity contribution in [1.82, 2.24) is 10.2 Å². The van der Waals surface area contributed by atoms with Crippen LogP contribution in [0.15, 0.2) is 18.2 Å². The second-order valence-corrected chi connectivity index (χ2v) is 7.64. The maximum Gasteiger partial charge on any atom is 0.253 e. The molecule has 0 radical (unpaired) electrons. The molecule has 0 spiro atoms. The number of aryl methyl sites for hydroxylation is 1. The van der Waals surface area contributed by atoms with Gasteiger partial charge in [-0.3, -0.25) is 9.59 Å². The Morgan fingerprint density at radius 2 is 2.12 bits per heavy atom. The van der Waals surface area contributed by atoms with Gasteiger partial charge in [0.25, 0.3) is 5.91 Å². The average molecular weight is 400 g/mol. The van der Waals surface area contributed by atoms with Crippen LogP contribution in [0, 0.1) is 6.92 Å². The summed E-state index contributed by atoms with van der Waals surface area (Å²) in [5.41, 5.74) is 2.34. The largest absolute Gasteiger partial charge is 0.378 e. The smallest absolute Gasteiger partial charge is 0.253 e. The van der Waals surface area contributed by atoms with Gasteiger partial charge in [0.05, 0.1) is 13.2 Å². The monoisotopic (exact) mass is 399 g/mol. The van der Waals surface area contributed by atoms with Crippen molar-refractivity contribution in [1.29, 1.82) is 0 Å². The summed E-state index contributed by atoms with van der Waals surface area (Å²) in [5, 5.41) is 6.21. The number of amides is 2. The molecule has 1 aromatic rings. The van der Waals surface area contributed by atoms with Crippen LogP contribution in [0.2, 0.25) is 0 Å². The SMILES string of the molecule is Cc1cc(C(=O)N2CCSCC2)ccc1NC(=O)CC1COCCN1.Cl. The Bertz CT molecular complexity index is 632. The van der Waals surface area contributed by atoms with Gasteiger partial charge in [-0.2, -0.15) is 11.8 Å². The van der Waals surface area contributed by atoms with Crippen LogP contribution in [0.5, 0.6) is 0 Å². The minimum absolute atomic E-state index is 0. The van der Waals surface area contributed by atoms with Gasteiger partial charge >= 0.3 is 0 Å². The van der Waals surface area contributed by atoms with Gasteiger partial charge in [0.1, 0.15) is 0 Å². The first-order chi connectivity index (χ1) is 12.1. The normalized spacial score (nSPS) is 20.2. The van der Waals surface area contributed by atoms with Gasteiger partial charge in [0.2, 0.25) is 5.91 Å². The van der Waals surface area contributed by atoms with Gasteiger partial charge in [-0.1, -0.05) is 0 Å². The van der Waals surface area contributed by atoms with Crippen LogP contribution in [-0.4, -0.2) is 67.1 Å². The van der Waals surface area contributed by atoms with Crippen molar-refractivity contribution >= 4 is 41.7 Å². The Balaban J connectivity index is 0.00000243. The number of hydrogen-bond acceptors (Lipinski definition) is 5. The highest BCUT2D eigenvalue weighted by Crippen LogP contribution is 2.20. The number of carbonyl (C=O) groups excluding carboxylic acids is 2. The van der Waals surface area contributed by atoms with E-state index in [1.165, 1.54) is 0 Å². The summed E-state index contributed by atoms with van der Waals surface area (Å²) in [5.74, 6) is 2.03. The summed E-state index contributed by atoms with van der Waals surface area (Å²) < 4.78 is 5.37. The Hall–Kier alpha value is -1.28. The molecule has 0 aliphatic carbocycles. The van der Waals surface area contributed by atoms with Crippen molar-refractivity contribution < 1.29 is 14.3 Å². The van der Waals surface area contributed by atoms with Crippen molar-refractivity contribution in [2.24, 2.45) is 0 Å². The second-order valence-electron chi connectivity index (χ2n) is 6.41. The zero-order valence-electron chi connectivity index (χ0n) is 15.0. The average Bonchev–Trinajstić information content (AvgIpc) is 2.64. The highest BCUT2D eigenvalue weighted by molar-refractivity contribution is 7.99. The number of benzene rings is 1. The van der Waals surface area contributed by atoms with E-state index in [9.17, 15) is 9.59 Å². The predicted molar refractivity (Wildman–Crippen MR) is 108 cm³/mol. The molecule has 2 heterocycles. The van der Waals surface area contributed by atoms with Gasteiger partial charge in [0, 0.05) is 54.9 Å². The zero-order chi connectivity index (χ0) is 17.6. The van der Waals surface area contributed by atoms with E-state index >= 15 is 0 Å². The molecule has 26 heavy (non-hydrogen) atoms. The predicted octanol–water partition coefficient (Wildman–Crippen LogP) is 1.92. The number of hydrogen-bond donors (Lipinski definition) is 2. The molecule has 2 amide bonds. The van der Waals surface area contributed by atoms with Crippen molar-refractivity contribution in [3.05, 3.63) is 29.3 Å². The minimum Gasteiger partial charge on any atom is -0.378 e. The lowest BCUT2D eigenvalue weighted by Gasteiger charge is -2.26. The molecule has 3 rings (SSSR count). The standard InChI is InChI=1S/C18H25N3O3S.ClH/c1-13-10-14(18(23)21-5-8-25-9-6-21)2-3-16(13)20-17(22)11-15-12-24-7-4-19-15;/h2-3,10,15,19H,4-9,11-12H2,1H3,(H,20,22);1H. The molecular formula is C18H26ClN3O3S. The minimum atomic E-state index is -0.0433. The third-order valence-corrected chi connectivity index (χ3v) is 5.42. The van der Waals surface area contributed by atoms with E-state index in [1.54, 1.807) is 6.07 Å². The molecule has 1 aromatic carbocycles. The summed E-state index contributed by atoms with van der Waals surface area (Å²) in [7, 11) is 0. The van der Waals surface area contributed by atoms with E-state index in [0.717, 1.165) is 42.4 Å². The number of nitrogens with zero attached hydrogens (tertiary/aromatic N) is 1. The lowest BCUT2D eigenvalue weighted by atomic mass is 10.1. The molecule has 144 valence electrons. The van der Waals surface area contributed by atoms with E-state index < -0.39 is 0 Å². The number of thioether (sulfide) groups is 1. The Morgan fingerprint density at radius 1 is 1.35 bits per heavy atom. The Labute approximate surface area is 164 Å². The first kappa shape index (κ1) is 21.0. The Kier molecular flexibility index (Phi) is 8.21. The van der Waals surface area contributed by atoms with E-state index in [0.29, 0.717) is 25.2 Å². The van der Waals surface area contributed by atoms with Crippen molar-refractivity contribution in [3.63, 3.8) is 0 Å². The fourth-order valence-electron chi connectivity index (χ4n) is 3.06. The third kappa shape index (κ3) is 5.61. The van der Waals surface area contributed by atoms with E-state index in [4.69, 9.17) is 4.74 Å². The zero-order valence-corrected chi connectivity index (χ0v) is 16.6. The molecule has 0 saturated carbocycles. The molecule has 0 bridgehead atoms. The molecular weight excluding hydrogens is 374 g/mol. The highest BCUT2D eigenvalue weighted by Gasteiger charge is 2.20. The fourth-order valence-corrected chi connectivity index (χ4v) is 3.96. The fraction of sp³-hybridized carbons (Fsp3) is 0.556. The summed E-state index contributed by atoms with van der Waals surface area (Å²) in [6, 6.07) is 5.55. The molecule has 2 aliphatic heterocycles. The van der Waals surface area contributed by atoms with Crippen LogP contribution < -0.4 is 10.6 Å². The lowest BCUT2D eigenvalue weighted by molar-refractivity contribution is -0.117. The maximum absolute atomic E-state index is 12.6. The molecule has 8 heteroatoms. The van der Waals surface area contributed by atoms with Gasteiger partial charge in [-0.05, 0) is 30.7 Å². The van der Waals surface area contributed by atoms with Crippen LogP contribution in [0.3, 0.4) is 0 Å². The molecule has 1 atom stereocenters. The van der Waals surface area contributed by atoms with Crippen LogP contribution in [-0.2, 0) is 9.53 Å². The summed E-state index contributed by atoms with van der Waals surface area (Å²) in [6.45, 7) is 5.56. The van der Waals surface area contributed by atoms with Crippen molar-refractivity contribution in [2.75, 3.05) is 49.7 Å². The van der Waals surface area contributed by atoms with Crippen molar-refractivity contribution in [3.8, 4) is 0 Å². The molecule has 1 unspecified atom stereocenters. The maximum atomic E-state index is 12.6. The summed E-state index contributed by atoms with van der Waals surface area (Å²) in [6.07, 6.45) is 0.381. The number of nitrogens with one attached hydrogen (secondary N) is 2. The molecule has 2 fully saturated rings. The van der Waals surface area contributed by atoms with Gasteiger partial charge in [0.15, 0.2) is 0 Å². The lowest BCUT2D eigenvalue weighted by Crippen LogP contribution is -2.43. The quantitative estimate of drug-likeness (QED) is 0.809. The topological polar surface area (TPSA) is 70.7 Å². The van der Waals surface area contributed by atoms with Crippen molar-refractivity contribution in [2.45, 2.75) is 19.4 Å². The first-order valence-corrected chi connectivity index (χ1v) is 9.87. The van der Waals surface area contributed by atoms with Crippen LogP contribution in [0.1, 0.15) is 22.3 Å². The number of anilines is 1. The van der Waals surface area contributed by atoms with E-state index in [1.807, 2.05) is 35.7 Å². The number of carbonyl (C=O) groups is 2. The number of halogens is 1. The van der Waals surface area contributed by atoms with Crippen LogP contribution >= 0.6 is 24.2 Å². The number of rotatable bonds is 4.